The fraction of sp³-hybridized carbons (Fsp3) is 0.364. The van der Waals surface area contributed by atoms with Gasteiger partial charge in [-0.15, -0.1) is 0 Å². The number of primary amides is 1. The van der Waals surface area contributed by atoms with E-state index < -0.39 is 5.91 Å². The number of amides is 1. The number of carbonyl (C=O) groups is 2. The fourth-order valence-electron chi connectivity index (χ4n) is 2.31. The van der Waals surface area contributed by atoms with E-state index in [-0.39, 0.29) is 18.4 Å². The third kappa shape index (κ3) is 8.68. The zero-order chi connectivity index (χ0) is 20.9. The molecule has 6 nitrogen and oxygen atoms in total. The van der Waals surface area contributed by atoms with Crippen LogP contribution in [0, 0.1) is 12.8 Å². The van der Waals surface area contributed by atoms with Crippen molar-refractivity contribution >= 4 is 22.8 Å². The van der Waals surface area contributed by atoms with E-state index in [9.17, 15) is 9.59 Å². The summed E-state index contributed by atoms with van der Waals surface area (Å²) < 4.78 is 5.08. The molecule has 0 fully saturated rings. The Morgan fingerprint density at radius 3 is 2.43 bits per heavy atom. The lowest BCUT2D eigenvalue weighted by molar-refractivity contribution is -0.146. The molecule has 3 rings (SSSR count). The first-order valence-electron chi connectivity index (χ1n) is 9.38. The van der Waals surface area contributed by atoms with E-state index in [4.69, 9.17) is 10.5 Å². The van der Waals surface area contributed by atoms with Crippen LogP contribution in [-0.4, -0.2) is 30.0 Å². The molecule has 0 saturated heterocycles. The molecule has 0 bridgehead atoms. The molecule has 1 aromatic heterocycles. The molecule has 152 valence electrons. The van der Waals surface area contributed by atoms with E-state index in [0.29, 0.717) is 6.61 Å². The average molecular weight is 386 g/mol. The summed E-state index contributed by atoms with van der Waals surface area (Å²) in [6.07, 6.45) is 10.4. The Hall–Kier alpha value is -2.86. The quantitative estimate of drug-likeness (QED) is 0.701. The van der Waals surface area contributed by atoms with Gasteiger partial charge in [-0.1, -0.05) is 50.3 Å². The summed E-state index contributed by atoms with van der Waals surface area (Å²) >= 11 is 0. The van der Waals surface area contributed by atoms with Crippen molar-refractivity contribution in [3.8, 4) is 0 Å². The van der Waals surface area contributed by atoms with Gasteiger partial charge in [0.15, 0.2) is 0 Å². The smallest absolute Gasteiger partial charge is 0.308 e. The van der Waals surface area contributed by atoms with E-state index in [2.05, 4.69) is 48.0 Å². The Bertz CT molecular complexity index is 819. The summed E-state index contributed by atoms with van der Waals surface area (Å²) in [6.45, 7) is 6.16. The number of aromatic amines is 1. The number of rotatable bonds is 4. The van der Waals surface area contributed by atoms with Crippen LogP contribution >= 0.6 is 0 Å². The van der Waals surface area contributed by atoms with E-state index >= 15 is 0 Å². The summed E-state index contributed by atoms with van der Waals surface area (Å²) in [4.78, 5) is 23.8. The zero-order valence-corrected chi connectivity index (χ0v) is 16.9. The van der Waals surface area contributed by atoms with Crippen LogP contribution in [-0.2, 0) is 14.3 Å². The first-order chi connectivity index (χ1) is 13.3. The van der Waals surface area contributed by atoms with Gasteiger partial charge in [-0.3, -0.25) is 9.59 Å². The number of ether oxygens (including phenoxy) is 1. The Morgan fingerprint density at radius 2 is 1.89 bits per heavy atom. The second kappa shape index (κ2) is 12.5. The summed E-state index contributed by atoms with van der Waals surface area (Å²) in [5.74, 6) is -0.627. The van der Waals surface area contributed by atoms with Crippen LogP contribution in [0.2, 0.25) is 0 Å². The minimum absolute atomic E-state index is 0.0341. The molecule has 0 saturated carbocycles. The van der Waals surface area contributed by atoms with Crippen LogP contribution in [0.4, 0.5) is 0 Å². The van der Waals surface area contributed by atoms with Crippen molar-refractivity contribution in [2.75, 3.05) is 13.2 Å². The van der Waals surface area contributed by atoms with Gasteiger partial charge in [0, 0.05) is 17.1 Å². The summed E-state index contributed by atoms with van der Waals surface area (Å²) in [5.41, 5.74) is 12.9. The van der Waals surface area contributed by atoms with E-state index in [0.717, 1.165) is 18.4 Å². The summed E-state index contributed by atoms with van der Waals surface area (Å²) in [6, 6.07) is 8.31. The zero-order valence-electron chi connectivity index (χ0n) is 16.9. The molecule has 1 aliphatic rings. The van der Waals surface area contributed by atoms with Crippen LogP contribution < -0.4 is 11.5 Å². The van der Waals surface area contributed by atoms with Crippen molar-refractivity contribution in [3.63, 3.8) is 0 Å². The molecular formula is C22H31N3O3. The van der Waals surface area contributed by atoms with Gasteiger partial charge >= 0.3 is 5.97 Å². The fourth-order valence-corrected chi connectivity index (χ4v) is 2.31. The summed E-state index contributed by atoms with van der Waals surface area (Å²) in [5, 5.41) is 1.32. The lowest BCUT2D eigenvalue weighted by Crippen LogP contribution is -2.21. The topological polar surface area (TPSA) is 111 Å². The third-order valence-corrected chi connectivity index (χ3v) is 3.92. The molecule has 1 aliphatic carbocycles. The second-order valence-electron chi connectivity index (χ2n) is 6.71. The van der Waals surface area contributed by atoms with E-state index in [1.165, 1.54) is 16.5 Å². The number of allylic oxidation sites excluding steroid dienone is 2. The molecule has 5 N–H and O–H groups in total. The standard InChI is InChI=1S/C11H16O2.C9H9N.C2H6N2O/c1-9(2)11(12)13-8-10-6-4-3-5-7-10;1-7-6-10-9-5-3-2-4-8(7)9;3-1-2(4)5/h4,6-7,9H,3,5,8H2,1-2H3;2-6,10H,1H3;1,3H2,(H2,4,5). The van der Waals surface area contributed by atoms with Gasteiger partial charge < -0.3 is 21.2 Å². The Labute approximate surface area is 166 Å². The first-order valence-corrected chi connectivity index (χ1v) is 9.38. The molecule has 6 heteroatoms. The SMILES string of the molecule is CC(C)C(=O)OCC1=CCCC=C1.Cc1c[nH]c2ccccc12.NCC(N)=O. The van der Waals surface area contributed by atoms with Gasteiger partial charge in [0.25, 0.3) is 0 Å². The van der Waals surface area contributed by atoms with Gasteiger partial charge in [-0.25, -0.2) is 0 Å². The van der Waals surface area contributed by atoms with Crippen LogP contribution in [0.3, 0.4) is 0 Å². The van der Waals surface area contributed by atoms with Crippen LogP contribution in [0.5, 0.6) is 0 Å². The molecule has 1 amide bonds. The van der Waals surface area contributed by atoms with Crippen molar-refractivity contribution < 1.29 is 14.3 Å². The predicted molar refractivity (Wildman–Crippen MR) is 114 cm³/mol. The number of H-pyrrole nitrogens is 1. The van der Waals surface area contributed by atoms with Gasteiger partial charge in [-0.05, 0) is 37.0 Å². The lowest BCUT2D eigenvalue weighted by Gasteiger charge is -2.09. The van der Waals surface area contributed by atoms with Crippen molar-refractivity contribution in [3.05, 3.63) is 59.8 Å². The van der Waals surface area contributed by atoms with Crippen molar-refractivity contribution in [1.29, 1.82) is 0 Å². The number of carbonyl (C=O) groups excluding carboxylic acids is 2. The van der Waals surface area contributed by atoms with Gasteiger partial charge in [0.2, 0.25) is 5.91 Å². The molecule has 0 atom stereocenters. The highest BCUT2D eigenvalue weighted by molar-refractivity contribution is 5.82. The Balaban J connectivity index is 0.000000231. The molecule has 28 heavy (non-hydrogen) atoms. The van der Waals surface area contributed by atoms with E-state index in [1.54, 1.807) is 0 Å². The molecular weight excluding hydrogens is 354 g/mol. The number of esters is 1. The highest BCUT2D eigenvalue weighted by atomic mass is 16.5. The number of aromatic nitrogens is 1. The number of hydrogen-bond donors (Lipinski definition) is 3. The van der Waals surface area contributed by atoms with Crippen LogP contribution in [0.15, 0.2) is 54.3 Å². The molecule has 1 aromatic carbocycles. The number of benzene rings is 1. The van der Waals surface area contributed by atoms with Gasteiger partial charge in [0.1, 0.15) is 6.61 Å². The normalized spacial score (nSPS) is 12.4. The highest BCUT2D eigenvalue weighted by Gasteiger charge is 2.08. The second-order valence-corrected chi connectivity index (χ2v) is 6.71. The number of nitrogens with two attached hydrogens (primary N) is 2. The highest BCUT2D eigenvalue weighted by Crippen LogP contribution is 2.15. The number of nitrogens with one attached hydrogen (secondary N) is 1. The molecule has 1 heterocycles. The number of aryl methyl sites for hydroxylation is 1. The lowest BCUT2D eigenvalue weighted by atomic mass is 10.1. The van der Waals surface area contributed by atoms with Crippen LogP contribution in [0.1, 0.15) is 32.3 Å². The maximum Gasteiger partial charge on any atom is 0.308 e. The van der Waals surface area contributed by atoms with Gasteiger partial charge in [0.05, 0.1) is 12.5 Å². The summed E-state index contributed by atoms with van der Waals surface area (Å²) in [7, 11) is 0. The minimum atomic E-state index is -0.468. The molecule has 2 aromatic rings. The van der Waals surface area contributed by atoms with Crippen molar-refractivity contribution in [2.45, 2.75) is 33.6 Å². The maximum absolute atomic E-state index is 11.1. The monoisotopic (exact) mass is 385 g/mol. The van der Waals surface area contributed by atoms with Crippen molar-refractivity contribution in [1.82, 2.24) is 4.98 Å². The Kier molecular flexibility index (Phi) is 10.4. The first kappa shape index (κ1) is 23.2. The van der Waals surface area contributed by atoms with Crippen molar-refractivity contribution in [2.24, 2.45) is 17.4 Å². The predicted octanol–water partition coefficient (Wildman–Crippen LogP) is 3.37. The number of fused-ring (bicyclic) bond motifs is 1. The largest absolute Gasteiger partial charge is 0.461 e. The molecule has 0 spiro atoms. The average Bonchev–Trinajstić information content (AvgIpc) is 3.09. The molecule has 0 aliphatic heterocycles. The molecule has 0 unspecified atom stereocenters. The van der Waals surface area contributed by atoms with Gasteiger partial charge in [-0.2, -0.15) is 0 Å². The minimum Gasteiger partial charge on any atom is -0.461 e. The number of para-hydroxylation sites is 1. The number of hydrogen-bond acceptors (Lipinski definition) is 4. The van der Waals surface area contributed by atoms with E-state index in [1.807, 2.05) is 32.2 Å². The van der Waals surface area contributed by atoms with Crippen LogP contribution in [0.25, 0.3) is 10.9 Å². The Morgan fingerprint density at radius 1 is 1.21 bits per heavy atom. The maximum atomic E-state index is 11.1. The molecule has 0 radical (unpaired) electrons. The third-order valence-electron chi connectivity index (χ3n) is 3.92.